The minimum Gasteiger partial charge on any atom is -0.455 e. The van der Waals surface area contributed by atoms with Crippen LogP contribution in [0, 0.1) is 6.92 Å². The van der Waals surface area contributed by atoms with Gasteiger partial charge in [0.1, 0.15) is 11.5 Å². The molecule has 1 aromatic carbocycles. The summed E-state index contributed by atoms with van der Waals surface area (Å²) in [4.78, 5) is 4.16. The van der Waals surface area contributed by atoms with Crippen molar-refractivity contribution in [2.75, 3.05) is 0 Å². The van der Waals surface area contributed by atoms with Crippen LogP contribution < -0.4 is 10.1 Å². The summed E-state index contributed by atoms with van der Waals surface area (Å²) >= 11 is 0. The Balaban J connectivity index is 2.15. The molecule has 3 heteroatoms. The van der Waals surface area contributed by atoms with Crippen LogP contribution in [-0.2, 0) is 6.54 Å². The zero-order valence-electron chi connectivity index (χ0n) is 12.6. The van der Waals surface area contributed by atoms with Crippen LogP contribution in [0.2, 0.25) is 0 Å². The normalized spacial score (nSPS) is 11.4. The maximum Gasteiger partial charge on any atom is 0.150 e. The fourth-order valence-electron chi connectivity index (χ4n) is 1.81. The highest BCUT2D eigenvalue weighted by atomic mass is 16.5. The first-order valence-corrected chi connectivity index (χ1v) is 6.86. The summed E-state index contributed by atoms with van der Waals surface area (Å²) in [6, 6.07) is 10.0. The van der Waals surface area contributed by atoms with Gasteiger partial charge in [-0.1, -0.05) is 12.1 Å². The molecule has 20 heavy (non-hydrogen) atoms. The molecule has 0 saturated carbocycles. The van der Waals surface area contributed by atoms with E-state index in [1.54, 1.807) is 12.4 Å². The van der Waals surface area contributed by atoms with Gasteiger partial charge in [0.05, 0.1) is 6.20 Å². The maximum absolute atomic E-state index is 5.95. The Bertz CT molecular complexity index is 573. The van der Waals surface area contributed by atoms with Gasteiger partial charge in [-0.25, -0.2) is 0 Å². The number of ether oxygens (including phenoxy) is 1. The summed E-state index contributed by atoms with van der Waals surface area (Å²) in [7, 11) is 0. The molecule has 1 aromatic heterocycles. The lowest BCUT2D eigenvalue weighted by atomic mass is 10.1. The lowest BCUT2D eigenvalue weighted by molar-refractivity contribution is 0.413. The van der Waals surface area contributed by atoms with Crippen molar-refractivity contribution in [2.24, 2.45) is 0 Å². The quantitative estimate of drug-likeness (QED) is 0.909. The highest BCUT2D eigenvalue weighted by Gasteiger charge is 2.11. The lowest BCUT2D eigenvalue weighted by Crippen LogP contribution is -2.35. The minimum absolute atomic E-state index is 0.0733. The van der Waals surface area contributed by atoms with E-state index in [1.165, 1.54) is 5.56 Å². The number of aromatic nitrogens is 1. The summed E-state index contributed by atoms with van der Waals surface area (Å²) < 4.78 is 5.95. The van der Waals surface area contributed by atoms with E-state index in [9.17, 15) is 0 Å². The van der Waals surface area contributed by atoms with Gasteiger partial charge in [0.2, 0.25) is 0 Å². The van der Waals surface area contributed by atoms with Gasteiger partial charge in [0, 0.05) is 23.8 Å². The van der Waals surface area contributed by atoms with E-state index < -0.39 is 0 Å². The Kier molecular flexibility index (Phi) is 4.40. The van der Waals surface area contributed by atoms with Crippen molar-refractivity contribution in [3.63, 3.8) is 0 Å². The molecular formula is C17H22N2O. The molecule has 0 unspecified atom stereocenters. The summed E-state index contributed by atoms with van der Waals surface area (Å²) in [5, 5.41) is 3.47. The van der Waals surface area contributed by atoms with Gasteiger partial charge in [-0.2, -0.15) is 0 Å². The fourth-order valence-corrected chi connectivity index (χ4v) is 1.81. The van der Waals surface area contributed by atoms with Gasteiger partial charge >= 0.3 is 0 Å². The summed E-state index contributed by atoms with van der Waals surface area (Å²) in [5.41, 5.74) is 2.36. The lowest BCUT2D eigenvalue weighted by Gasteiger charge is -2.21. The molecule has 0 aliphatic heterocycles. The van der Waals surface area contributed by atoms with Crippen LogP contribution in [0.3, 0.4) is 0 Å². The van der Waals surface area contributed by atoms with Crippen LogP contribution in [0.1, 0.15) is 31.9 Å². The number of rotatable bonds is 4. The van der Waals surface area contributed by atoms with Crippen molar-refractivity contribution in [3.05, 3.63) is 53.9 Å². The Morgan fingerprint density at radius 2 is 2.00 bits per heavy atom. The minimum atomic E-state index is 0.0733. The number of hydrogen-bond donors (Lipinski definition) is 1. The van der Waals surface area contributed by atoms with Gasteiger partial charge in [-0.3, -0.25) is 4.98 Å². The summed E-state index contributed by atoms with van der Waals surface area (Å²) in [6.07, 6.45) is 3.56. The van der Waals surface area contributed by atoms with Crippen LogP contribution in [0.15, 0.2) is 42.7 Å². The highest BCUT2D eigenvalue weighted by Crippen LogP contribution is 2.25. The van der Waals surface area contributed by atoms with Gasteiger partial charge in [-0.05, 0) is 51.5 Å². The smallest absolute Gasteiger partial charge is 0.150 e. The number of aryl methyl sites for hydroxylation is 1. The van der Waals surface area contributed by atoms with Crippen molar-refractivity contribution >= 4 is 0 Å². The average Bonchev–Trinajstić information content (AvgIpc) is 2.37. The van der Waals surface area contributed by atoms with E-state index >= 15 is 0 Å². The molecule has 0 fully saturated rings. The predicted molar refractivity (Wildman–Crippen MR) is 82.1 cm³/mol. The molecule has 0 saturated heterocycles. The van der Waals surface area contributed by atoms with Crippen LogP contribution in [-0.4, -0.2) is 10.5 Å². The van der Waals surface area contributed by atoms with Crippen molar-refractivity contribution < 1.29 is 4.74 Å². The van der Waals surface area contributed by atoms with Crippen LogP contribution in [0.5, 0.6) is 11.5 Å². The molecule has 3 nitrogen and oxygen atoms in total. The van der Waals surface area contributed by atoms with E-state index in [2.05, 4.69) is 44.1 Å². The second-order valence-electron chi connectivity index (χ2n) is 6.01. The zero-order valence-corrected chi connectivity index (χ0v) is 12.6. The van der Waals surface area contributed by atoms with Crippen LogP contribution >= 0.6 is 0 Å². The van der Waals surface area contributed by atoms with Crippen molar-refractivity contribution in [3.8, 4) is 11.5 Å². The number of nitrogens with zero attached hydrogens (tertiary/aromatic N) is 1. The maximum atomic E-state index is 5.95. The number of nitrogens with one attached hydrogen (secondary N) is 1. The molecule has 0 amide bonds. The zero-order chi connectivity index (χ0) is 14.6. The van der Waals surface area contributed by atoms with E-state index in [1.807, 2.05) is 24.3 Å². The molecule has 0 atom stereocenters. The van der Waals surface area contributed by atoms with Gasteiger partial charge in [0.15, 0.2) is 0 Å². The topological polar surface area (TPSA) is 34.1 Å². The Labute approximate surface area is 121 Å². The van der Waals surface area contributed by atoms with Crippen LogP contribution in [0.4, 0.5) is 0 Å². The van der Waals surface area contributed by atoms with E-state index in [4.69, 9.17) is 4.74 Å². The van der Waals surface area contributed by atoms with Crippen molar-refractivity contribution in [1.82, 2.24) is 10.3 Å². The number of benzene rings is 1. The predicted octanol–water partition coefficient (Wildman–Crippen LogP) is 4.07. The molecule has 1 heterocycles. The average molecular weight is 270 g/mol. The van der Waals surface area contributed by atoms with Gasteiger partial charge in [-0.15, -0.1) is 0 Å². The van der Waals surface area contributed by atoms with Gasteiger partial charge < -0.3 is 10.1 Å². The first kappa shape index (κ1) is 14.5. The molecule has 0 aliphatic carbocycles. The van der Waals surface area contributed by atoms with Crippen LogP contribution in [0.25, 0.3) is 0 Å². The van der Waals surface area contributed by atoms with Gasteiger partial charge in [0.25, 0.3) is 0 Å². The monoisotopic (exact) mass is 270 g/mol. The Morgan fingerprint density at radius 1 is 1.20 bits per heavy atom. The van der Waals surface area contributed by atoms with Crippen molar-refractivity contribution in [2.45, 2.75) is 39.8 Å². The SMILES string of the molecule is Cc1cccc(Oc2cnccc2CNC(C)(C)C)c1. The first-order chi connectivity index (χ1) is 9.44. The molecule has 0 bridgehead atoms. The molecule has 106 valence electrons. The Morgan fingerprint density at radius 3 is 2.70 bits per heavy atom. The third-order valence-corrected chi connectivity index (χ3v) is 2.90. The molecule has 0 radical (unpaired) electrons. The number of hydrogen-bond acceptors (Lipinski definition) is 3. The third-order valence-electron chi connectivity index (χ3n) is 2.90. The molecule has 2 aromatic rings. The summed E-state index contributed by atoms with van der Waals surface area (Å²) in [6.45, 7) is 9.26. The summed E-state index contributed by atoms with van der Waals surface area (Å²) in [5.74, 6) is 1.64. The Hall–Kier alpha value is -1.87. The van der Waals surface area contributed by atoms with E-state index in [0.717, 1.165) is 23.6 Å². The highest BCUT2D eigenvalue weighted by molar-refractivity contribution is 5.36. The molecular weight excluding hydrogens is 248 g/mol. The van der Waals surface area contributed by atoms with E-state index in [-0.39, 0.29) is 5.54 Å². The first-order valence-electron chi connectivity index (χ1n) is 6.86. The standard InChI is InChI=1S/C17H22N2O/c1-13-6-5-7-15(10-13)20-16-12-18-9-8-14(16)11-19-17(2,3)4/h5-10,12,19H,11H2,1-4H3. The molecule has 2 rings (SSSR count). The molecule has 0 aliphatic rings. The fraction of sp³-hybridized carbons (Fsp3) is 0.353. The second kappa shape index (κ2) is 6.06. The molecule has 0 spiro atoms. The molecule has 1 N–H and O–H groups in total. The number of pyridine rings is 1. The van der Waals surface area contributed by atoms with E-state index in [0.29, 0.717) is 0 Å². The van der Waals surface area contributed by atoms with Crippen molar-refractivity contribution in [1.29, 1.82) is 0 Å². The second-order valence-corrected chi connectivity index (χ2v) is 6.01. The largest absolute Gasteiger partial charge is 0.455 e. The third kappa shape index (κ3) is 4.35.